The fraction of sp³-hybridized carbons (Fsp3) is 1.00. The summed E-state index contributed by atoms with van der Waals surface area (Å²) in [6.45, 7) is 3.00. The van der Waals surface area contributed by atoms with Crippen LogP contribution in [0.3, 0.4) is 0 Å². The molecule has 72 valence electrons. The third-order valence-electron chi connectivity index (χ3n) is 2.14. The number of β-amino-alcohol motifs (C(OH)–C–C–N with tert-alkyl or cyclic N) is 1. The average molecular weight is 174 g/mol. The van der Waals surface area contributed by atoms with Crippen molar-refractivity contribution in [3.05, 3.63) is 0 Å². The van der Waals surface area contributed by atoms with Crippen molar-refractivity contribution in [2.75, 3.05) is 33.4 Å². The fourth-order valence-corrected chi connectivity index (χ4v) is 1.57. The predicted octanol–water partition coefficient (Wildman–Crippen LogP) is -0.973. The van der Waals surface area contributed by atoms with E-state index in [4.69, 9.17) is 10.5 Å². The van der Waals surface area contributed by atoms with Gasteiger partial charge in [-0.15, -0.1) is 0 Å². The van der Waals surface area contributed by atoms with Gasteiger partial charge in [0.05, 0.1) is 12.7 Å². The standard InChI is InChI=1S/C8H18N2O2/c1-12-6-8(11)5-10-3-2-7(9)4-10/h7-8,11H,2-6,9H2,1H3/t7-,8?/m1/s1. The normalized spacial score (nSPS) is 27.8. The predicted molar refractivity (Wildman–Crippen MR) is 46.9 cm³/mol. The molecule has 0 aromatic heterocycles. The lowest BCUT2D eigenvalue weighted by Gasteiger charge is -2.18. The molecule has 2 atom stereocenters. The van der Waals surface area contributed by atoms with Gasteiger partial charge in [0.15, 0.2) is 0 Å². The first kappa shape index (κ1) is 9.92. The number of hydrogen-bond acceptors (Lipinski definition) is 4. The summed E-state index contributed by atoms with van der Waals surface area (Å²) in [7, 11) is 1.60. The second kappa shape index (κ2) is 4.77. The lowest BCUT2D eigenvalue weighted by molar-refractivity contribution is 0.0426. The molecule has 1 unspecified atom stereocenters. The molecule has 12 heavy (non-hydrogen) atoms. The maximum Gasteiger partial charge on any atom is 0.0900 e. The molecule has 1 fully saturated rings. The van der Waals surface area contributed by atoms with Crippen LogP contribution in [0.4, 0.5) is 0 Å². The lowest BCUT2D eigenvalue weighted by atomic mass is 10.3. The van der Waals surface area contributed by atoms with Crippen LogP contribution in [0.1, 0.15) is 6.42 Å². The molecule has 0 aromatic rings. The maximum atomic E-state index is 9.39. The third kappa shape index (κ3) is 3.06. The van der Waals surface area contributed by atoms with Crippen LogP contribution in [0.15, 0.2) is 0 Å². The van der Waals surface area contributed by atoms with Crippen molar-refractivity contribution in [2.24, 2.45) is 5.73 Å². The second-order valence-electron chi connectivity index (χ2n) is 3.42. The first-order chi connectivity index (χ1) is 5.72. The summed E-state index contributed by atoms with van der Waals surface area (Å²) >= 11 is 0. The number of hydrogen-bond donors (Lipinski definition) is 2. The van der Waals surface area contributed by atoms with E-state index in [1.54, 1.807) is 7.11 Å². The number of aliphatic hydroxyl groups excluding tert-OH is 1. The van der Waals surface area contributed by atoms with Crippen molar-refractivity contribution in [2.45, 2.75) is 18.6 Å². The molecule has 1 aliphatic heterocycles. The van der Waals surface area contributed by atoms with Crippen molar-refractivity contribution < 1.29 is 9.84 Å². The summed E-state index contributed by atoms with van der Waals surface area (Å²) in [5.41, 5.74) is 5.72. The van der Waals surface area contributed by atoms with Crippen molar-refractivity contribution in [3.8, 4) is 0 Å². The number of aliphatic hydroxyl groups is 1. The summed E-state index contributed by atoms with van der Waals surface area (Å²) in [5, 5.41) is 9.39. The van der Waals surface area contributed by atoms with Gasteiger partial charge in [-0.2, -0.15) is 0 Å². The van der Waals surface area contributed by atoms with Crippen LogP contribution in [0, 0.1) is 0 Å². The molecule has 1 rings (SSSR count). The van der Waals surface area contributed by atoms with Gasteiger partial charge in [0.1, 0.15) is 0 Å². The summed E-state index contributed by atoms with van der Waals surface area (Å²) in [6, 6.07) is 0.291. The number of nitrogens with zero attached hydrogens (tertiary/aromatic N) is 1. The van der Waals surface area contributed by atoms with Gasteiger partial charge in [0.25, 0.3) is 0 Å². The maximum absolute atomic E-state index is 9.39. The molecule has 0 spiro atoms. The Balaban J connectivity index is 2.14. The Kier molecular flexibility index (Phi) is 3.94. The Morgan fingerprint density at radius 2 is 2.50 bits per heavy atom. The Morgan fingerprint density at radius 1 is 1.75 bits per heavy atom. The SMILES string of the molecule is COCC(O)CN1CC[C@@H](N)C1. The quantitative estimate of drug-likeness (QED) is 0.575. The Morgan fingerprint density at radius 3 is 3.00 bits per heavy atom. The molecule has 0 saturated carbocycles. The Labute approximate surface area is 73.3 Å². The van der Waals surface area contributed by atoms with Gasteiger partial charge in [0, 0.05) is 26.2 Å². The van der Waals surface area contributed by atoms with Crippen LogP contribution in [0.25, 0.3) is 0 Å². The summed E-state index contributed by atoms with van der Waals surface area (Å²) in [5.74, 6) is 0. The van der Waals surface area contributed by atoms with Crippen LogP contribution < -0.4 is 5.73 Å². The number of nitrogens with two attached hydrogens (primary N) is 1. The number of likely N-dealkylation sites (tertiary alicyclic amines) is 1. The topological polar surface area (TPSA) is 58.7 Å². The highest BCUT2D eigenvalue weighted by Crippen LogP contribution is 2.06. The van der Waals surface area contributed by atoms with Crippen LogP contribution in [0.2, 0.25) is 0 Å². The monoisotopic (exact) mass is 174 g/mol. The molecule has 1 heterocycles. The van der Waals surface area contributed by atoms with Gasteiger partial charge >= 0.3 is 0 Å². The van der Waals surface area contributed by atoms with E-state index < -0.39 is 0 Å². The zero-order valence-electron chi connectivity index (χ0n) is 7.57. The molecule has 4 heteroatoms. The zero-order valence-corrected chi connectivity index (χ0v) is 7.57. The van der Waals surface area contributed by atoms with Crippen molar-refractivity contribution in [1.82, 2.24) is 4.90 Å². The first-order valence-corrected chi connectivity index (χ1v) is 4.37. The number of rotatable bonds is 4. The molecule has 1 saturated heterocycles. The minimum atomic E-state index is -0.375. The van der Waals surface area contributed by atoms with E-state index >= 15 is 0 Å². The van der Waals surface area contributed by atoms with E-state index in [2.05, 4.69) is 4.90 Å². The molecule has 0 radical (unpaired) electrons. The summed E-state index contributed by atoms with van der Waals surface area (Å²) in [4.78, 5) is 2.17. The van der Waals surface area contributed by atoms with Crippen LogP contribution in [-0.4, -0.2) is 55.5 Å². The van der Waals surface area contributed by atoms with E-state index in [9.17, 15) is 5.11 Å². The molecule has 0 bridgehead atoms. The Hall–Kier alpha value is -0.160. The number of ether oxygens (including phenoxy) is 1. The lowest BCUT2D eigenvalue weighted by Crippen LogP contribution is -2.34. The highest BCUT2D eigenvalue weighted by atomic mass is 16.5. The fourth-order valence-electron chi connectivity index (χ4n) is 1.57. The van der Waals surface area contributed by atoms with Crippen molar-refractivity contribution >= 4 is 0 Å². The van der Waals surface area contributed by atoms with Gasteiger partial charge in [-0.25, -0.2) is 0 Å². The largest absolute Gasteiger partial charge is 0.389 e. The van der Waals surface area contributed by atoms with E-state index in [1.807, 2.05) is 0 Å². The van der Waals surface area contributed by atoms with Crippen LogP contribution >= 0.6 is 0 Å². The molecular formula is C8H18N2O2. The molecule has 0 aliphatic carbocycles. The highest BCUT2D eigenvalue weighted by molar-refractivity contribution is 4.79. The van der Waals surface area contributed by atoms with Crippen molar-refractivity contribution in [1.29, 1.82) is 0 Å². The van der Waals surface area contributed by atoms with Gasteiger partial charge in [-0.3, -0.25) is 4.90 Å². The van der Waals surface area contributed by atoms with E-state index in [1.165, 1.54) is 0 Å². The van der Waals surface area contributed by atoms with Crippen LogP contribution in [-0.2, 0) is 4.74 Å². The minimum Gasteiger partial charge on any atom is -0.389 e. The van der Waals surface area contributed by atoms with E-state index in [-0.39, 0.29) is 6.10 Å². The highest BCUT2D eigenvalue weighted by Gasteiger charge is 2.20. The molecule has 0 aromatic carbocycles. The first-order valence-electron chi connectivity index (χ1n) is 4.37. The molecule has 0 amide bonds. The van der Waals surface area contributed by atoms with Gasteiger partial charge < -0.3 is 15.6 Å². The third-order valence-corrected chi connectivity index (χ3v) is 2.14. The van der Waals surface area contributed by atoms with Gasteiger partial charge in [-0.05, 0) is 13.0 Å². The van der Waals surface area contributed by atoms with Gasteiger partial charge in [0.2, 0.25) is 0 Å². The van der Waals surface area contributed by atoms with E-state index in [0.717, 1.165) is 19.5 Å². The molecular weight excluding hydrogens is 156 g/mol. The van der Waals surface area contributed by atoms with Crippen LogP contribution in [0.5, 0.6) is 0 Å². The number of methoxy groups -OCH3 is 1. The molecule has 4 nitrogen and oxygen atoms in total. The smallest absolute Gasteiger partial charge is 0.0900 e. The van der Waals surface area contributed by atoms with E-state index in [0.29, 0.717) is 19.2 Å². The Bertz CT molecular complexity index is 132. The second-order valence-corrected chi connectivity index (χ2v) is 3.42. The van der Waals surface area contributed by atoms with Crippen molar-refractivity contribution in [3.63, 3.8) is 0 Å². The minimum absolute atomic E-state index is 0.291. The molecule has 1 aliphatic rings. The van der Waals surface area contributed by atoms with Gasteiger partial charge in [-0.1, -0.05) is 0 Å². The summed E-state index contributed by atoms with van der Waals surface area (Å²) in [6.07, 6.45) is 0.667. The molecule has 3 N–H and O–H groups in total. The zero-order chi connectivity index (χ0) is 8.97. The average Bonchev–Trinajstić information content (AvgIpc) is 2.36. The summed E-state index contributed by atoms with van der Waals surface area (Å²) < 4.78 is 4.83.